The van der Waals surface area contributed by atoms with Crippen LogP contribution in [0.15, 0.2) is 0 Å². The maximum Gasteiger partial charge on any atom is 0.236 e. The lowest BCUT2D eigenvalue weighted by molar-refractivity contribution is -0.121. The van der Waals surface area contributed by atoms with Crippen molar-refractivity contribution in [3.8, 4) is 0 Å². The van der Waals surface area contributed by atoms with E-state index in [2.05, 4.69) is 12.4 Å². The molecule has 0 saturated carbocycles. The molecule has 0 bridgehead atoms. The fourth-order valence-electron chi connectivity index (χ4n) is 0.161. The molecule has 0 aliphatic heterocycles. The lowest BCUT2D eigenvalue weighted by Crippen LogP contribution is -2.34. The quantitative estimate of drug-likeness (QED) is 0.456. The van der Waals surface area contributed by atoms with Gasteiger partial charge in [-0.2, -0.15) is 0 Å². The van der Waals surface area contributed by atoms with Crippen molar-refractivity contribution >= 4 is 5.91 Å². The van der Waals surface area contributed by atoms with Crippen molar-refractivity contribution in [2.45, 2.75) is 13.0 Å². The number of amides is 1. The number of hydrogen-bond acceptors (Lipinski definition) is 2. The number of carbonyl (C=O) groups excluding carboxylic acids is 1. The van der Waals surface area contributed by atoms with Gasteiger partial charge in [0.2, 0.25) is 5.91 Å². The highest BCUT2D eigenvalue weighted by Gasteiger charge is 2.00. The Hall–Kier alpha value is -0.570. The Bertz CT molecular complexity index is 70.1. The average Bonchev–Trinajstić information content (AvgIpc) is 1.65. The molecule has 0 rings (SSSR count). The van der Waals surface area contributed by atoms with E-state index >= 15 is 0 Å². The molecule has 0 aromatic carbocycles. The van der Waals surface area contributed by atoms with Gasteiger partial charge in [0.25, 0.3) is 0 Å². The van der Waals surface area contributed by atoms with E-state index in [4.69, 9.17) is 5.73 Å². The molecule has 0 aromatic rings. The standard InChI is InChI=1S/C4H9N2O/c1-3(5)4(7)6-2/h3H,2,5H2,1H3,(H,6,7)/t3-/m1/s1. The summed E-state index contributed by atoms with van der Waals surface area (Å²) in [5.41, 5.74) is 5.09. The van der Waals surface area contributed by atoms with E-state index in [1.165, 1.54) is 0 Å². The highest BCUT2D eigenvalue weighted by atomic mass is 16.2. The Morgan fingerprint density at radius 1 is 2.00 bits per heavy atom. The van der Waals surface area contributed by atoms with E-state index in [9.17, 15) is 4.79 Å². The third kappa shape index (κ3) is 2.17. The maximum absolute atomic E-state index is 10.2. The molecule has 0 heterocycles. The first-order valence-corrected chi connectivity index (χ1v) is 2.01. The Morgan fingerprint density at radius 3 is 2.43 bits per heavy atom. The minimum absolute atomic E-state index is 0.236. The van der Waals surface area contributed by atoms with Crippen LogP contribution in [0, 0.1) is 7.05 Å². The minimum atomic E-state index is -0.447. The van der Waals surface area contributed by atoms with Crippen LogP contribution in [-0.4, -0.2) is 11.9 Å². The normalized spacial score (nSPS) is 13.0. The third-order valence-electron chi connectivity index (χ3n) is 0.588. The predicted octanol–water partition coefficient (Wildman–Crippen LogP) is -0.759. The van der Waals surface area contributed by atoms with Crippen LogP contribution in [-0.2, 0) is 4.79 Å². The first kappa shape index (κ1) is 6.43. The minimum Gasteiger partial charge on any atom is -0.353 e. The van der Waals surface area contributed by atoms with Crippen molar-refractivity contribution < 1.29 is 4.79 Å². The smallest absolute Gasteiger partial charge is 0.236 e. The molecule has 0 spiro atoms. The predicted molar refractivity (Wildman–Crippen MR) is 27.1 cm³/mol. The van der Waals surface area contributed by atoms with Crippen molar-refractivity contribution in [2.24, 2.45) is 5.73 Å². The summed E-state index contributed by atoms with van der Waals surface area (Å²) >= 11 is 0. The van der Waals surface area contributed by atoms with E-state index in [-0.39, 0.29) is 5.91 Å². The van der Waals surface area contributed by atoms with Crippen LogP contribution >= 0.6 is 0 Å². The van der Waals surface area contributed by atoms with Gasteiger partial charge in [-0.3, -0.25) is 4.79 Å². The molecule has 0 aliphatic carbocycles. The van der Waals surface area contributed by atoms with Crippen LogP contribution in [0.2, 0.25) is 0 Å². The van der Waals surface area contributed by atoms with Crippen LogP contribution in [0.3, 0.4) is 0 Å². The molecule has 1 radical (unpaired) electrons. The van der Waals surface area contributed by atoms with Crippen LogP contribution < -0.4 is 11.1 Å². The van der Waals surface area contributed by atoms with Gasteiger partial charge in [0.1, 0.15) is 0 Å². The molecule has 0 unspecified atom stereocenters. The van der Waals surface area contributed by atoms with Gasteiger partial charge < -0.3 is 11.1 Å². The lowest BCUT2D eigenvalue weighted by Gasteiger charge is -1.98. The number of rotatable bonds is 1. The van der Waals surface area contributed by atoms with Gasteiger partial charge in [-0.25, -0.2) is 0 Å². The number of nitrogens with one attached hydrogen (secondary N) is 1. The van der Waals surface area contributed by atoms with Gasteiger partial charge >= 0.3 is 0 Å². The average molecular weight is 101 g/mol. The molecule has 41 valence electrons. The fraction of sp³-hybridized carbons (Fsp3) is 0.500. The van der Waals surface area contributed by atoms with E-state index in [1.807, 2.05) is 0 Å². The summed E-state index contributed by atoms with van der Waals surface area (Å²) in [6, 6.07) is -0.447. The van der Waals surface area contributed by atoms with E-state index in [0.717, 1.165) is 0 Å². The highest BCUT2D eigenvalue weighted by molar-refractivity contribution is 5.80. The van der Waals surface area contributed by atoms with Gasteiger partial charge in [-0.1, -0.05) is 0 Å². The van der Waals surface area contributed by atoms with Crippen LogP contribution in [0.25, 0.3) is 0 Å². The Balaban J connectivity index is 3.35. The van der Waals surface area contributed by atoms with Gasteiger partial charge in [-0.15, -0.1) is 0 Å². The maximum atomic E-state index is 10.2. The third-order valence-corrected chi connectivity index (χ3v) is 0.588. The summed E-state index contributed by atoms with van der Waals surface area (Å²) in [7, 11) is 3.13. The molecule has 0 saturated heterocycles. The first-order valence-electron chi connectivity index (χ1n) is 2.01. The number of carbonyl (C=O) groups is 1. The molecule has 1 amide bonds. The second-order valence-electron chi connectivity index (χ2n) is 1.33. The summed E-state index contributed by atoms with van der Waals surface area (Å²) in [6.45, 7) is 1.60. The van der Waals surface area contributed by atoms with Crippen LogP contribution in [0.4, 0.5) is 0 Å². The zero-order chi connectivity index (χ0) is 5.86. The van der Waals surface area contributed by atoms with E-state index < -0.39 is 6.04 Å². The van der Waals surface area contributed by atoms with Gasteiger partial charge in [0.15, 0.2) is 0 Å². The summed E-state index contributed by atoms with van der Waals surface area (Å²) in [5.74, 6) is -0.236. The topological polar surface area (TPSA) is 55.1 Å². The van der Waals surface area contributed by atoms with Crippen LogP contribution in [0.1, 0.15) is 6.92 Å². The van der Waals surface area contributed by atoms with Crippen molar-refractivity contribution in [2.75, 3.05) is 0 Å². The summed E-state index contributed by atoms with van der Waals surface area (Å²) in [5, 5.41) is 2.15. The second-order valence-corrected chi connectivity index (χ2v) is 1.33. The summed E-state index contributed by atoms with van der Waals surface area (Å²) < 4.78 is 0. The van der Waals surface area contributed by atoms with Crippen molar-refractivity contribution in [1.82, 2.24) is 5.32 Å². The lowest BCUT2D eigenvalue weighted by atomic mass is 10.3. The van der Waals surface area contributed by atoms with Gasteiger partial charge in [-0.05, 0) is 6.92 Å². The highest BCUT2D eigenvalue weighted by Crippen LogP contribution is 1.69. The molecule has 7 heavy (non-hydrogen) atoms. The monoisotopic (exact) mass is 101 g/mol. The van der Waals surface area contributed by atoms with Crippen molar-refractivity contribution in [3.63, 3.8) is 0 Å². The van der Waals surface area contributed by atoms with E-state index in [0.29, 0.717) is 0 Å². The molecule has 3 heteroatoms. The SMILES string of the molecule is [CH2]NC(=O)[C@@H](C)N. The first-order chi connectivity index (χ1) is 3.18. The largest absolute Gasteiger partial charge is 0.353 e. The zero-order valence-electron chi connectivity index (χ0n) is 4.27. The Morgan fingerprint density at radius 2 is 2.43 bits per heavy atom. The molecule has 3 nitrogen and oxygen atoms in total. The molecule has 0 fully saturated rings. The van der Waals surface area contributed by atoms with E-state index in [1.54, 1.807) is 6.92 Å². The van der Waals surface area contributed by atoms with Crippen molar-refractivity contribution in [3.05, 3.63) is 7.05 Å². The Labute approximate surface area is 42.9 Å². The molecule has 3 N–H and O–H groups in total. The summed E-state index contributed by atoms with van der Waals surface area (Å²) in [4.78, 5) is 10.2. The molecular weight excluding hydrogens is 92.1 g/mol. The molecular formula is C4H9N2O. The van der Waals surface area contributed by atoms with Crippen LogP contribution in [0.5, 0.6) is 0 Å². The van der Waals surface area contributed by atoms with Gasteiger partial charge in [0, 0.05) is 7.05 Å². The molecule has 0 aliphatic rings. The fourth-order valence-corrected chi connectivity index (χ4v) is 0.161. The number of nitrogens with two attached hydrogens (primary N) is 1. The summed E-state index contributed by atoms with van der Waals surface area (Å²) in [6.07, 6.45) is 0. The molecule has 1 atom stereocenters. The molecule has 0 aromatic heterocycles. The zero-order valence-corrected chi connectivity index (χ0v) is 4.27. The number of hydrogen-bond donors (Lipinski definition) is 2. The van der Waals surface area contributed by atoms with Gasteiger partial charge in [0.05, 0.1) is 6.04 Å². The Kier molecular flexibility index (Phi) is 2.37. The van der Waals surface area contributed by atoms with Crippen molar-refractivity contribution in [1.29, 1.82) is 0 Å². The second kappa shape index (κ2) is 2.58.